The zero-order valence-electron chi connectivity index (χ0n) is 11.5. The van der Waals surface area contributed by atoms with Crippen LogP contribution in [-0.2, 0) is 10.0 Å². The number of hydrogen-bond acceptors (Lipinski definition) is 5. The van der Waals surface area contributed by atoms with E-state index >= 15 is 0 Å². The van der Waals surface area contributed by atoms with E-state index < -0.39 is 14.9 Å². The summed E-state index contributed by atoms with van der Waals surface area (Å²) in [5, 5.41) is 13.9. The number of nitro groups is 1. The van der Waals surface area contributed by atoms with Gasteiger partial charge in [0.25, 0.3) is 5.69 Å². The number of rotatable bonds is 5. The van der Waals surface area contributed by atoms with Gasteiger partial charge in [0, 0.05) is 31.3 Å². The fourth-order valence-corrected chi connectivity index (χ4v) is 4.60. The Morgan fingerprint density at radius 2 is 2.24 bits per heavy atom. The van der Waals surface area contributed by atoms with E-state index in [9.17, 15) is 18.5 Å². The first-order valence-electron chi connectivity index (χ1n) is 6.54. The van der Waals surface area contributed by atoms with E-state index in [1.165, 1.54) is 16.4 Å². The quantitative estimate of drug-likeness (QED) is 0.653. The normalized spacial score (nSPS) is 19.1. The Bertz CT molecular complexity index is 644. The largest absolute Gasteiger partial charge is 0.315 e. The molecule has 1 aliphatic rings. The van der Waals surface area contributed by atoms with Crippen molar-refractivity contribution < 1.29 is 13.3 Å². The Labute approximate surface area is 128 Å². The molecule has 0 aromatic heterocycles. The van der Waals surface area contributed by atoms with Gasteiger partial charge in [-0.2, -0.15) is 4.31 Å². The molecule has 1 fully saturated rings. The van der Waals surface area contributed by atoms with Gasteiger partial charge in [0.2, 0.25) is 10.0 Å². The van der Waals surface area contributed by atoms with Gasteiger partial charge < -0.3 is 5.32 Å². The summed E-state index contributed by atoms with van der Waals surface area (Å²) in [5.41, 5.74) is -0.293. The van der Waals surface area contributed by atoms with Crippen LogP contribution in [-0.4, -0.2) is 43.3 Å². The minimum absolute atomic E-state index is 0.00925. The number of non-ortho nitro benzene ring substituents is 1. The number of nitrogens with one attached hydrogen (secondary N) is 1. The van der Waals surface area contributed by atoms with Crippen molar-refractivity contribution in [1.82, 2.24) is 9.62 Å². The smallest absolute Gasteiger partial charge is 0.270 e. The third kappa shape index (κ3) is 3.18. The lowest BCUT2D eigenvalue weighted by molar-refractivity contribution is -0.385. The first-order chi connectivity index (χ1) is 9.87. The molecule has 1 unspecified atom stereocenters. The molecule has 0 aliphatic carbocycles. The highest BCUT2D eigenvalue weighted by Gasteiger charge is 2.34. The Morgan fingerprint density at radius 3 is 2.76 bits per heavy atom. The Hall–Kier alpha value is -1.22. The van der Waals surface area contributed by atoms with Crippen LogP contribution in [0.25, 0.3) is 0 Å². The molecule has 1 N–H and O–H groups in total. The van der Waals surface area contributed by atoms with Crippen LogP contribution in [0.4, 0.5) is 5.69 Å². The highest BCUT2D eigenvalue weighted by Crippen LogP contribution is 2.30. The van der Waals surface area contributed by atoms with Crippen LogP contribution in [0.5, 0.6) is 0 Å². The van der Waals surface area contributed by atoms with Crippen molar-refractivity contribution in [3.8, 4) is 0 Å². The molecule has 0 bridgehead atoms. The van der Waals surface area contributed by atoms with Gasteiger partial charge in [-0.1, -0.05) is 18.5 Å². The van der Waals surface area contributed by atoms with E-state index in [4.69, 9.17) is 11.6 Å². The van der Waals surface area contributed by atoms with E-state index in [-0.39, 0.29) is 28.2 Å². The minimum Gasteiger partial charge on any atom is -0.315 e. The molecular formula is C12H16ClN3O4S. The van der Waals surface area contributed by atoms with Crippen molar-refractivity contribution in [3.63, 3.8) is 0 Å². The highest BCUT2D eigenvalue weighted by molar-refractivity contribution is 7.89. The summed E-state index contributed by atoms with van der Waals surface area (Å²) >= 11 is 5.95. The van der Waals surface area contributed by atoms with Crippen molar-refractivity contribution in [2.75, 3.05) is 19.6 Å². The maximum atomic E-state index is 12.7. The van der Waals surface area contributed by atoms with Crippen LogP contribution in [0.2, 0.25) is 5.02 Å². The number of sulfonamides is 1. The number of nitrogens with zero attached hydrogens (tertiary/aromatic N) is 2. The summed E-state index contributed by atoms with van der Waals surface area (Å²) in [7, 11) is -3.86. The number of halogens is 1. The van der Waals surface area contributed by atoms with Crippen LogP contribution >= 0.6 is 11.6 Å². The molecule has 1 aromatic rings. The van der Waals surface area contributed by atoms with Gasteiger partial charge in [0.1, 0.15) is 4.90 Å². The van der Waals surface area contributed by atoms with Gasteiger partial charge in [0.05, 0.1) is 9.95 Å². The van der Waals surface area contributed by atoms with E-state index in [1.807, 2.05) is 0 Å². The molecule has 21 heavy (non-hydrogen) atoms. The highest BCUT2D eigenvalue weighted by atomic mass is 35.5. The van der Waals surface area contributed by atoms with Crippen LogP contribution < -0.4 is 5.32 Å². The monoisotopic (exact) mass is 333 g/mol. The van der Waals surface area contributed by atoms with E-state index in [0.717, 1.165) is 12.6 Å². The molecule has 1 atom stereocenters. The standard InChI is InChI=1S/C12H16ClN3O4S/c1-2-15(10-5-6-14-8-10)21(19,20)12-7-9(16(17)18)3-4-11(12)13/h3-4,7,10,14H,2,5-6,8H2,1H3. The number of benzene rings is 1. The van der Waals surface area contributed by atoms with Crippen molar-refractivity contribution in [2.45, 2.75) is 24.3 Å². The van der Waals surface area contributed by atoms with Gasteiger partial charge in [-0.05, 0) is 19.0 Å². The molecule has 116 valence electrons. The maximum Gasteiger partial charge on any atom is 0.270 e. The minimum atomic E-state index is -3.86. The second-order valence-corrected chi connectivity index (χ2v) is 6.99. The van der Waals surface area contributed by atoms with E-state index in [2.05, 4.69) is 5.32 Å². The molecule has 0 amide bonds. The topological polar surface area (TPSA) is 92.6 Å². The molecule has 9 heteroatoms. The zero-order chi connectivity index (χ0) is 15.6. The van der Waals surface area contributed by atoms with Crippen molar-refractivity contribution in [3.05, 3.63) is 33.3 Å². The third-order valence-corrected chi connectivity index (χ3v) is 5.97. The lowest BCUT2D eigenvalue weighted by Gasteiger charge is -2.26. The summed E-state index contributed by atoms with van der Waals surface area (Å²) in [4.78, 5) is 9.98. The summed E-state index contributed by atoms with van der Waals surface area (Å²) in [6, 6.07) is 3.29. The fraction of sp³-hybridized carbons (Fsp3) is 0.500. The van der Waals surface area contributed by atoms with E-state index in [0.29, 0.717) is 13.0 Å². The number of nitro benzene ring substituents is 1. The number of hydrogen-bond donors (Lipinski definition) is 1. The zero-order valence-corrected chi connectivity index (χ0v) is 13.0. The molecule has 7 nitrogen and oxygen atoms in total. The summed E-state index contributed by atoms with van der Waals surface area (Å²) in [6.07, 6.45) is 0.708. The molecule has 1 saturated heterocycles. The van der Waals surface area contributed by atoms with Gasteiger partial charge >= 0.3 is 0 Å². The van der Waals surface area contributed by atoms with Gasteiger partial charge in [-0.3, -0.25) is 10.1 Å². The van der Waals surface area contributed by atoms with Gasteiger partial charge in [0.15, 0.2) is 0 Å². The Kier molecular flexibility index (Phi) is 4.82. The molecule has 0 radical (unpaired) electrons. The van der Waals surface area contributed by atoms with Crippen molar-refractivity contribution in [2.24, 2.45) is 0 Å². The average molecular weight is 334 g/mol. The van der Waals surface area contributed by atoms with E-state index in [1.54, 1.807) is 6.92 Å². The van der Waals surface area contributed by atoms with Gasteiger partial charge in [-0.25, -0.2) is 8.42 Å². The second kappa shape index (κ2) is 6.27. The summed E-state index contributed by atoms with van der Waals surface area (Å²) in [6.45, 7) is 3.34. The molecule has 1 aromatic carbocycles. The maximum absolute atomic E-state index is 12.7. The van der Waals surface area contributed by atoms with Crippen LogP contribution in [0, 0.1) is 10.1 Å². The SMILES string of the molecule is CCN(C1CCNC1)S(=O)(=O)c1cc([N+](=O)[O-])ccc1Cl. The van der Waals surface area contributed by atoms with Gasteiger partial charge in [-0.15, -0.1) is 0 Å². The van der Waals surface area contributed by atoms with Crippen molar-refractivity contribution >= 4 is 27.3 Å². The molecule has 2 rings (SSSR count). The first-order valence-corrected chi connectivity index (χ1v) is 8.36. The predicted octanol–water partition coefficient (Wildman–Crippen LogP) is 1.62. The molecular weight excluding hydrogens is 318 g/mol. The second-order valence-electron chi connectivity index (χ2n) is 4.73. The third-order valence-electron chi connectivity index (χ3n) is 3.47. The lowest BCUT2D eigenvalue weighted by atomic mass is 10.3. The Balaban J connectivity index is 2.46. The molecule has 0 spiro atoms. The number of likely N-dealkylation sites (N-methyl/N-ethyl adjacent to an activating group) is 1. The molecule has 0 saturated carbocycles. The molecule has 1 heterocycles. The predicted molar refractivity (Wildman–Crippen MR) is 78.9 cm³/mol. The van der Waals surface area contributed by atoms with Crippen LogP contribution in [0.1, 0.15) is 13.3 Å². The lowest BCUT2D eigenvalue weighted by Crippen LogP contribution is -2.41. The van der Waals surface area contributed by atoms with Crippen LogP contribution in [0.15, 0.2) is 23.1 Å². The summed E-state index contributed by atoms with van der Waals surface area (Å²) < 4.78 is 26.8. The van der Waals surface area contributed by atoms with Crippen molar-refractivity contribution in [1.29, 1.82) is 0 Å². The Morgan fingerprint density at radius 1 is 1.52 bits per heavy atom. The van der Waals surface area contributed by atoms with Crippen LogP contribution in [0.3, 0.4) is 0 Å². The fourth-order valence-electron chi connectivity index (χ4n) is 2.44. The first kappa shape index (κ1) is 16.2. The summed E-state index contributed by atoms with van der Waals surface area (Å²) in [5.74, 6) is 0. The average Bonchev–Trinajstić information content (AvgIpc) is 2.93. The molecule has 1 aliphatic heterocycles.